The standard InChI is InChI=1S/C18H24F2N2OS.C11H16N2O2.C4H10/c1-4-7-16(18(19,20)5-2)23-11-13-8-6-9-14(10-13)15-12-24-17(21-3)22-15;1-11(2,3)13-6-4-9(8-13)10(15)12-5-7-14;1-3-4-2/h6,8-10,12,16H,4-5,7,11H2,1-3H3,(H,21,22);4,6-8H,5H2,1-3H3,(H,12,15);3-4H2,1-2H3. The zero-order valence-electron chi connectivity index (χ0n) is 27.0. The number of anilines is 1. The lowest BCUT2D eigenvalue weighted by atomic mass is 10.1. The van der Waals surface area contributed by atoms with Gasteiger partial charge >= 0.3 is 0 Å². The van der Waals surface area contributed by atoms with Crippen molar-refractivity contribution in [2.45, 2.75) is 105 Å². The third-order valence-corrected chi connectivity index (χ3v) is 7.32. The molecule has 10 heteroatoms. The Morgan fingerprint density at radius 3 is 2.33 bits per heavy atom. The molecule has 0 radical (unpaired) electrons. The summed E-state index contributed by atoms with van der Waals surface area (Å²) in [6.45, 7) is 14.1. The maximum absolute atomic E-state index is 14.0. The van der Waals surface area contributed by atoms with Gasteiger partial charge in [0.05, 0.1) is 24.4 Å². The van der Waals surface area contributed by atoms with Gasteiger partial charge in [0.2, 0.25) is 0 Å². The minimum Gasteiger partial charge on any atom is -0.367 e. The molecule has 0 saturated carbocycles. The van der Waals surface area contributed by atoms with Crippen LogP contribution in [0.15, 0.2) is 48.1 Å². The normalized spacial score (nSPS) is 11.9. The van der Waals surface area contributed by atoms with E-state index in [2.05, 4.69) is 50.2 Å². The number of thiazole rings is 1. The monoisotopic (exact) mass is 620 g/mol. The molecule has 1 atom stereocenters. The Hall–Kier alpha value is -3.11. The van der Waals surface area contributed by atoms with Crippen LogP contribution in [0.5, 0.6) is 0 Å². The van der Waals surface area contributed by atoms with Gasteiger partial charge in [-0.25, -0.2) is 13.8 Å². The van der Waals surface area contributed by atoms with Crippen molar-refractivity contribution >= 4 is 28.7 Å². The number of aldehydes is 1. The van der Waals surface area contributed by atoms with Crippen LogP contribution in [0.2, 0.25) is 0 Å². The SMILES string of the molecule is CC(C)(C)n1ccc(C(=O)NCC=O)c1.CCCC.CCCC(OCc1cccc(-c2csc(NC)n2)c1)C(F)(F)CC. The summed E-state index contributed by atoms with van der Waals surface area (Å²) in [4.78, 5) is 26.0. The number of amides is 1. The molecule has 2 N–H and O–H groups in total. The van der Waals surface area contributed by atoms with E-state index in [0.29, 0.717) is 24.7 Å². The molecule has 1 unspecified atom stereocenters. The van der Waals surface area contributed by atoms with E-state index in [1.54, 1.807) is 12.3 Å². The van der Waals surface area contributed by atoms with Crippen molar-refractivity contribution in [3.8, 4) is 11.3 Å². The maximum Gasteiger partial charge on any atom is 0.273 e. The molecule has 0 fully saturated rings. The molecule has 240 valence electrons. The van der Waals surface area contributed by atoms with Crippen LogP contribution in [-0.4, -0.2) is 47.4 Å². The van der Waals surface area contributed by atoms with Crippen molar-refractivity contribution in [2.24, 2.45) is 0 Å². The highest BCUT2D eigenvalue weighted by molar-refractivity contribution is 7.14. The first kappa shape index (κ1) is 37.9. The summed E-state index contributed by atoms with van der Waals surface area (Å²) in [5.74, 6) is -3.00. The fourth-order valence-electron chi connectivity index (χ4n) is 3.63. The van der Waals surface area contributed by atoms with E-state index in [1.165, 1.54) is 31.1 Å². The second-order valence-corrected chi connectivity index (χ2v) is 11.9. The highest BCUT2D eigenvalue weighted by Crippen LogP contribution is 2.30. The van der Waals surface area contributed by atoms with Crippen LogP contribution >= 0.6 is 11.3 Å². The number of carbonyl (C=O) groups excluding carboxylic acids is 2. The lowest BCUT2D eigenvalue weighted by Crippen LogP contribution is -2.35. The van der Waals surface area contributed by atoms with Crippen LogP contribution in [0, 0.1) is 0 Å². The van der Waals surface area contributed by atoms with Gasteiger partial charge in [0.1, 0.15) is 12.4 Å². The molecule has 0 saturated heterocycles. The molecule has 2 aromatic heterocycles. The predicted molar refractivity (Wildman–Crippen MR) is 174 cm³/mol. The van der Waals surface area contributed by atoms with Crippen molar-refractivity contribution in [3.63, 3.8) is 0 Å². The molecular formula is C33H50F2N4O3S. The second-order valence-electron chi connectivity index (χ2n) is 11.0. The number of hydrogen-bond donors (Lipinski definition) is 2. The number of ether oxygens (including phenoxy) is 1. The second kappa shape index (κ2) is 19.2. The zero-order chi connectivity index (χ0) is 32.5. The van der Waals surface area contributed by atoms with Gasteiger partial charge < -0.3 is 24.7 Å². The number of benzene rings is 1. The number of rotatable bonds is 13. The topological polar surface area (TPSA) is 85.2 Å². The van der Waals surface area contributed by atoms with Gasteiger partial charge in [-0.05, 0) is 44.9 Å². The number of hydrogen-bond acceptors (Lipinski definition) is 6. The van der Waals surface area contributed by atoms with Crippen molar-refractivity contribution in [1.29, 1.82) is 0 Å². The fourth-order valence-corrected chi connectivity index (χ4v) is 4.31. The average molecular weight is 621 g/mol. The highest BCUT2D eigenvalue weighted by Gasteiger charge is 2.37. The molecular weight excluding hydrogens is 570 g/mol. The van der Waals surface area contributed by atoms with Crippen LogP contribution in [0.1, 0.15) is 96.5 Å². The van der Waals surface area contributed by atoms with Crippen LogP contribution in [0.4, 0.5) is 13.9 Å². The van der Waals surface area contributed by atoms with Gasteiger partial charge in [-0.15, -0.1) is 11.3 Å². The highest BCUT2D eigenvalue weighted by atomic mass is 32.1. The summed E-state index contributed by atoms with van der Waals surface area (Å²) in [6.07, 6.45) is 6.73. The van der Waals surface area contributed by atoms with E-state index in [9.17, 15) is 18.4 Å². The summed E-state index contributed by atoms with van der Waals surface area (Å²) in [5.41, 5.74) is 3.24. The summed E-state index contributed by atoms with van der Waals surface area (Å²) in [7, 11) is 1.83. The lowest BCUT2D eigenvalue weighted by molar-refractivity contribution is -0.147. The largest absolute Gasteiger partial charge is 0.367 e. The van der Waals surface area contributed by atoms with Crippen LogP contribution in [0.3, 0.4) is 0 Å². The van der Waals surface area contributed by atoms with Gasteiger partial charge in [0, 0.05) is 42.3 Å². The summed E-state index contributed by atoms with van der Waals surface area (Å²) < 4.78 is 35.4. The van der Waals surface area contributed by atoms with Gasteiger partial charge in [0.25, 0.3) is 11.8 Å². The summed E-state index contributed by atoms with van der Waals surface area (Å²) >= 11 is 1.53. The summed E-state index contributed by atoms with van der Waals surface area (Å²) in [5, 5.41) is 8.32. The van der Waals surface area contributed by atoms with Crippen molar-refractivity contribution in [2.75, 3.05) is 18.9 Å². The number of nitrogens with one attached hydrogen (secondary N) is 2. The lowest BCUT2D eigenvalue weighted by Gasteiger charge is -2.26. The van der Waals surface area contributed by atoms with Gasteiger partial charge in [-0.2, -0.15) is 0 Å². The van der Waals surface area contributed by atoms with E-state index >= 15 is 0 Å². The number of unbranched alkanes of at least 4 members (excludes halogenated alkanes) is 1. The Morgan fingerprint density at radius 2 is 1.81 bits per heavy atom. The molecule has 0 spiro atoms. The Labute approximate surface area is 260 Å². The van der Waals surface area contributed by atoms with E-state index in [-0.39, 0.29) is 31.0 Å². The molecule has 0 bridgehead atoms. The molecule has 7 nitrogen and oxygen atoms in total. The minimum absolute atomic E-state index is 0.0385. The maximum atomic E-state index is 14.0. The molecule has 0 aliphatic heterocycles. The predicted octanol–water partition coefficient (Wildman–Crippen LogP) is 8.56. The molecule has 0 aliphatic carbocycles. The number of halogens is 2. The summed E-state index contributed by atoms with van der Waals surface area (Å²) in [6, 6.07) is 9.44. The molecule has 43 heavy (non-hydrogen) atoms. The van der Waals surface area contributed by atoms with Gasteiger partial charge in [0.15, 0.2) is 5.13 Å². The Kier molecular flexibility index (Phi) is 17.0. The van der Waals surface area contributed by atoms with E-state index in [4.69, 9.17) is 4.74 Å². The Morgan fingerprint density at radius 1 is 1.12 bits per heavy atom. The molecule has 3 rings (SSSR count). The molecule has 0 aliphatic rings. The Balaban J connectivity index is 0.000000415. The number of nitrogens with zero attached hydrogens (tertiary/aromatic N) is 2. The third kappa shape index (κ3) is 13.4. The number of carbonyl (C=O) groups is 2. The van der Waals surface area contributed by atoms with Gasteiger partial charge in [-0.3, -0.25) is 4.79 Å². The van der Waals surface area contributed by atoms with Crippen LogP contribution in [-0.2, 0) is 21.7 Å². The average Bonchev–Trinajstić information content (AvgIpc) is 3.69. The van der Waals surface area contributed by atoms with E-state index < -0.39 is 12.0 Å². The molecule has 3 aromatic rings. The van der Waals surface area contributed by atoms with E-state index in [1.807, 2.05) is 54.4 Å². The van der Waals surface area contributed by atoms with Crippen molar-refractivity contribution < 1.29 is 23.1 Å². The molecule has 2 heterocycles. The number of alkyl halides is 2. The van der Waals surface area contributed by atoms with Crippen molar-refractivity contribution in [3.05, 3.63) is 59.2 Å². The zero-order valence-corrected chi connectivity index (χ0v) is 27.8. The first-order valence-electron chi connectivity index (χ1n) is 15.0. The Bertz CT molecular complexity index is 1220. The fraction of sp³-hybridized carbons (Fsp3) is 0.545. The van der Waals surface area contributed by atoms with Crippen molar-refractivity contribution in [1.82, 2.24) is 14.9 Å². The first-order valence-corrected chi connectivity index (χ1v) is 15.9. The first-order chi connectivity index (χ1) is 20.4. The number of aromatic nitrogens is 2. The quantitative estimate of drug-likeness (QED) is 0.187. The molecule has 1 amide bonds. The molecule has 1 aromatic carbocycles. The van der Waals surface area contributed by atoms with Crippen LogP contribution < -0.4 is 10.6 Å². The minimum atomic E-state index is -2.79. The smallest absolute Gasteiger partial charge is 0.273 e. The van der Waals surface area contributed by atoms with Crippen LogP contribution in [0.25, 0.3) is 11.3 Å². The van der Waals surface area contributed by atoms with E-state index in [0.717, 1.165) is 22.0 Å². The third-order valence-electron chi connectivity index (χ3n) is 6.46. The van der Waals surface area contributed by atoms with Gasteiger partial charge in [-0.1, -0.05) is 65.2 Å².